The van der Waals surface area contributed by atoms with Gasteiger partial charge >= 0.3 is 5.97 Å². The van der Waals surface area contributed by atoms with E-state index in [0.717, 1.165) is 25.0 Å². The number of esters is 1. The fourth-order valence-corrected chi connectivity index (χ4v) is 4.01. The van der Waals surface area contributed by atoms with Crippen molar-refractivity contribution in [1.82, 2.24) is 9.97 Å². The van der Waals surface area contributed by atoms with E-state index in [2.05, 4.69) is 28.3 Å². The number of hydrogen-bond donors (Lipinski definition) is 1. The number of nitrogens with one attached hydrogen (secondary N) is 1. The van der Waals surface area contributed by atoms with Gasteiger partial charge in [0.1, 0.15) is 11.1 Å². The first-order chi connectivity index (χ1) is 14.0. The van der Waals surface area contributed by atoms with Gasteiger partial charge in [-0.15, -0.1) is 11.3 Å². The number of ether oxygens (including phenoxy) is 1. The number of rotatable bonds is 10. The molecular formula is C20H24N4O3S2. The molecule has 0 saturated carbocycles. The van der Waals surface area contributed by atoms with Gasteiger partial charge < -0.3 is 10.1 Å². The Kier molecular flexibility index (Phi) is 9.09. The quantitative estimate of drug-likeness (QED) is 0.447. The first-order valence-electron chi connectivity index (χ1n) is 9.44. The second-order valence-electron chi connectivity index (χ2n) is 6.25. The second kappa shape index (κ2) is 11.5. The fourth-order valence-electron chi connectivity index (χ4n) is 2.38. The molecular weight excluding hydrogens is 408 g/mol. The lowest BCUT2D eigenvalue weighted by molar-refractivity contribution is -0.142. The van der Waals surface area contributed by atoms with Crippen LogP contribution in [0.25, 0.3) is 0 Å². The number of amides is 1. The lowest BCUT2D eigenvalue weighted by Gasteiger charge is -2.12. The maximum Gasteiger partial charge on any atom is 0.311 e. The number of carbonyl (C=O) groups is 2. The number of unbranched alkanes of at least 4 members (excludes halogenated alkanes) is 1. The fraction of sp³-hybridized carbons (Fsp3) is 0.450. The van der Waals surface area contributed by atoms with Gasteiger partial charge in [-0.25, -0.2) is 9.97 Å². The minimum atomic E-state index is -0.464. The van der Waals surface area contributed by atoms with Gasteiger partial charge in [0.15, 0.2) is 5.13 Å². The van der Waals surface area contributed by atoms with Crippen LogP contribution < -0.4 is 5.32 Å². The van der Waals surface area contributed by atoms with Crippen molar-refractivity contribution in [3.63, 3.8) is 0 Å². The summed E-state index contributed by atoms with van der Waals surface area (Å²) in [5.41, 5.74) is 1.94. The molecule has 7 nitrogen and oxygen atoms in total. The molecule has 2 heterocycles. The highest BCUT2D eigenvalue weighted by atomic mass is 32.2. The molecule has 1 amide bonds. The van der Waals surface area contributed by atoms with Gasteiger partial charge in [0.2, 0.25) is 5.91 Å². The molecule has 1 unspecified atom stereocenters. The first-order valence-corrected chi connectivity index (χ1v) is 11.2. The summed E-state index contributed by atoms with van der Waals surface area (Å²) in [4.78, 5) is 32.9. The van der Waals surface area contributed by atoms with E-state index in [-0.39, 0.29) is 18.3 Å². The van der Waals surface area contributed by atoms with Crippen molar-refractivity contribution >= 4 is 40.1 Å². The maximum atomic E-state index is 12.5. The van der Waals surface area contributed by atoms with Gasteiger partial charge in [0.25, 0.3) is 0 Å². The standard InChI is InChI=1S/C20H24N4O3S2/c1-4-6-7-15-9-8-14(11-21)19(22-15)29-13(3)18(26)24-20-23-16(12-28-20)10-17(25)27-5-2/h8-9,12-13H,4-7,10H2,1-3H3,(H,23,24,26). The minimum absolute atomic E-state index is 0.0739. The number of hydrogen-bond acceptors (Lipinski definition) is 8. The molecule has 154 valence electrons. The second-order valence-corrected chi connectivity index (χ2v) is 8.43. The van der Waals surface area contributed by atoms with E-state index in [1.807, 2.05) is 6.07 Å². The van der Waals surface area contributed by atoms with Crippen LogP contribution in [-0.2, 0) is 27.2 Å². The third-order valence-corrected chi connectivity index (χ3v) is 5.80. The monoisotopic (exact) mass is 432 g/mol. The molecule has 2 aromatic rings. The van der Waals surface area contributed by atoms with Gasteiger partial charge in [-0.1, -0.05) is 25.1 Å². The molecule has 0 aromatic carbocycles. The van der Waals surface area contributed by atoms with Crippen LogP contribution in [0.4, 0.5) is 5.13 Å². The van der Waals surface area contributed by atoms with Crippen molar-refractivity contribution in [2.24, 2.45) is 0 Å². The number of nitrogens with zero attached hydrogens (tertiary/aromatic N) is 3. The zero-order chi connectivity index (χ0) is 21.2. The molecule has 0 fully saturated rings. The Bertz CT molecular complexity index is 892. The van der Waals surface area contributed by atoms with Crippen molar-refractivity contribution in [2.45, 2.75) is 56.7 Å². The smallest absolute Gasteiger partial charge is 0.311 e. The highest BCUT2D eigenvalue weighted by Gasteiger charge is 2.19. The number of aromatic nitrogens is 2. The van der Waals surface area contributed by atoms with Crippen LogP contribution in [0.15, 0.2) is 22.5 Å². The third-order valence-electron chi connectivity index (χ3n) is 3.90. The van der Waals surface area contributed by atoms with Gasteiger partial charge in [-0.2, -0.15) is 5.26 Å². The van der Waals surface area contributed by atoms with Crippen LogP contribution in [0, 0.1) is 11.3 Å². The number of nitriles is 1. The van der Waals surface area contributed by atoms with Crippen molar-refractivity contribution in [3.8, 4) is 6.07 Å². The van der Waals surface area contributed by atoms with Crippen LogP contribution in [0.1, 0.15) is 50.6 Å². The normalized spacial score (nSPS) is 11.5. The highest BCUT2D eigenvalue weighted by molar-refractivity contribution is 8.00. The molecule has 0 spiro atoms. The molecule has 9 heteroatoms. The van der Waals surface area contributed by atoms with E-state index in [4.69, 9.17) is 4.74 Å². The summed E-state index contributed by atoms with van der Waals surface area (Å²) in [7, 11) is 0. The number of aryl methyl sites for hydroxylation is 1. The van der Waals surface area contributed by atoms with Gasteiger partial charge in [0, 0.05) is 11.1 Å². The van der Waals surface area contributed by atoms with Crippen molar-refractivity contribution in [1.29, 1.82) is 5.26 Å². The van der Waals surface area contributed by atoms with E-state index in [9.17, 15) is 14.9 Å². The lowest BCUT2D eigenvalue weighted by Crippen LogP contribution is -2.22. The zero-order valence-electron chi connectivity index (χ0n) is 16.7. The maximum absolute atomic E-state index is 12.5. The van der Waals surface area contributed by atoms with Crippen molar-refractivity contribution in [2.75, 3.05) is 11.9 Å². The van der Waals surface area contributed by atoms with Crippen LogP contribution in [0.2, 0.25) is 0 Å². The summed E-state index contributed by atoms with van der Waals surface area (Å²) >= 11 is 2.50. The topological polar surface area (TPSA) is 105 Å². The molecule has 0 aliphatic heterocycles. The molecule has 2 rings (SSSR count). The third kappa shape index (κ3) is 7.15. The summed E-state index contributed by atoms with van der Waals surface area (Å²) in [6.07, 6.45) is 3.01. The van der Waals surface area contributed by atoms with Crippen molar-refractivity contribution in [3.05, 3.63) is 34.5 Å². The van der Waals surface area contributed by atoms with E-state index in [1.54, 1.807) is 25.3 Å². The molecule has 0 bridgehead atoms. The van der Waals surface area contributed by atoms with E-state index < -0.39 is 5.25 Å². The SMILES string of the molecule is CCCCc1ccc(C#N)c(SC(C)C(=O)Nc2nc(CC(=O)OCC)cs2)n1. The van der Waals surface area contributed by atoms with Gasteiger partial charge in [0.05, 0.1) is 29.5 Å². The molecule has 1 N–H and O–H groups in total. The van der Waals surface area contributed by atoms with E-state index >= 15 is 0 Å². The number of thiazole rings is 1. The average Bonchev–Trinajstić information content (AvgIpc) is 3.13. The van der Waals surface area contributed by atoms with E-state index in [0.29, 0.717) is 28.0 Å². The summed E-state index contributed by atoms with van der Waals surface area (Å²) in [5.74, 6) is -0.589. The largest absolute Gasteiger partial charge is 0.466 e. The number of pyridine rings is 1. The molecule has 29 heavy (non-hydrogen) atoms. The molecule has 0 radical (unpaired) electrons. The average molecular weight is 433 g/mol. The first kappa shape index (κ1) is 22.8. The van der Waals surface area contributed by atoms with Crippen LogP contribution in [0.3, 0.4) is 0 Å². The Morgan fingerprint density at radius 3 is 2.79 bits per heavy atom. The van der Waals surface area contributed by atoms with E-state index in [1.165, 1.54) is 23.1 Å². The summed E-state index contributed by atoms with van der Waals surface area (Å²) < 4.78 is 4.90. The zero-order valence-corrected chi connectivity index (χ0v) is 18.4. The lowest BCUT2D eigenvalue weighted by atomic mass is 10.2. The Labute approximate surface area is 178 Å². The van der Waals surface area contributed by atoms with Gasteiger partial charge in [-0.05, 0) is 38.8 Å². The minimum Gasteiger partial charge on any atom is -0.466 e. The number of anilines is 1. The Hall–Kier alpha value is -2.44. The molecule has 0 aliphatic carbocycles. The Balaban J connectivity index is 1.99. The van der Waals surface area contributed by atoms with Gasteiger partial charge in [-0.3, -0.25) is 9.59 Å². The molecule has 0 aliphatic rings. The summed E-state index contributed by atoms with van der Waals surface area (Å²) in [6, 6.07) is 5.76. The van der Waals surface area contributed by atoms with Crippen molar-refractivity contribution < 1.29 is 14.3 Å². The van der Waals surface area contributed by atoms with Crippen LogP contribution in [0.5, 0.6) is 0 Å². The summed E-state index contributed by atoms with van der Waals surface area (Å²) in [6.45, 7) is 5.94. The van der Waals surface area contributed by atoms with Crippen LogP contribution in [-0.4, -0.2) is 33.7 Å². The Morgan fingerprint density at radius 2 is 2.10 bits per heavy atom. The summed E-state index contributed by atoms with van der Waals surface area (Å²) in [5, 5.41) is 14.3. The predicted octanol–water partition coefficient (Wildman–Crippen LogP) is 3.98. The highest BCUT2D eigenvalue weighted by Crippen LogP contribution is 2.27. The Morgan fingerprint density at radius 1 is 1.31 bits per heavy atom. The van der Waals surface area contributed by atoms with Crippen LogP contribution >= 0.6 is 23.1 Å². The molecule has 1 atom stereocenters. The molecule has 2 aromatic heterocycles. The number of thioether (sulfide) groups is 1. The molecule has 0 saturated heterocycles. The predicted molar refractivity (Wildman–Crippen MR) is 114 cm³/mol. The number of carbonyl (C=O) groups excluding carboxylic acids is 2.